The SMILES string of the molecule is COc1ccc(C2Nc3ccc(C)cc3C3C=CCC32)cc1. The Kier molecular flexibility index (Phi) is 3.18. The largest absolute Gasteiger partial charge is 0.497 e. The van der Waals surface area contributed by atoms with Gasteiger partial charge in [0.2, 0.25) is 0 Å². The van der Waals surface area contributed by atoms with E-state index >= 15 is 0 Å². The highest BCUT2D eigenvalue weighted by Gasteiger charge is 2.37. The van der Waals surface area contributed by atoms with Crippen molar-refractivity contribution in [2.24, 2.45) is 5.92 Å². The molecule has 1 N–H and O–H groups in total. The molecule has 0 bridgehead atoms. The third-order valence-corrected chi connectivity index (χ3v) is 4.99. The summed E-state index contributed by atoms with van der Waals surface area (Å²) in [7, 11) is 1.71. The van der Waals surface area contributed by atoms with Gasteiger partial charge < -0.3 is 10.1 Å². The first kappa shape index (κ1) is 13.4. The Labute approximate surface area is 131 Å². The fourth-order valence-electron chi connectivity index (χ4n) is 3.86. The van der Waals surface area contributed by atoms with Crippen LogP contribution < -0.4 is 10.1 Å². The first-order valence-corrected chi connectivity index (χ1v) is 7.94. The molecule has 2 aliphatic rings. The number of anilines is 1. The van der Waals surface area contributed by atoms with Gasteiger partial charge in [0.25, 0.3) is 0 Å². The normalized spacial score (nSPS) is 25.3. The third kappa shape index (κ3) is 2.10. The molecule has 0 saturated heterocycles. The number of hydrogen-bond donors (Lipinski definition) is 1. The minimum atomic E-state index is 0.362. The van der Waals surface area contributed by atoms with Crippen molar-refractivity contribution in [3.05, 3.63) is 71.3 Å². The van der Waals surface area contributed by atoms with E-state index in [2.05, 4.69) is 66.9 Å². The van der Waals surface area contributed by atoms with Crippen molar-refractivity contribution in [2.45, 2.75) is 25.3 Å². The van der Waals surface area contributed by atoms with Gasteiger partial charge in [-0.05, 0) is 48.6 Å². The maximum atomic E-state index is 5.28. The van der Waals surface area contributed by atoms with E-state index in [9.17, 15) is 0 Å². The molecular weight excluding hydrogens is 270 g/mol. The molecule has 0 saturated carbocycles. The van der Waals surface area contributed by atoms with Crippen molar-refractivity contribution >= 4 is 5.69 Å². The predicted octanol–water partition coefficient (Wildman–Crippen LogP) is 4.83. The van der Waals surface area contributed by atoms with E-state index in [4.69, 9.17) is 4.74 Å². The first-order valence-electron chi connectivity index (χ1n) is 7.94. The van der Waals surface area contributed by atoms with Crippen LogP contribution in [0.2, 0.25) is 0 Å². The zero-order valence-electron chi connectivity index (χ0n) is 13.0. The lowest BCUT2D eigenvalue weighted by atomic mass is 9.76. The van der Waals surface area contributed by atoms with E-state index in [1.165, 1.54) is 22.4 Å². The molecule has 1 aliphatic heterocycles. The van der Waals surface area contributed by atoms with Crippen LogP contribution >= 0.6 is 0 Å². The summed E-state index contributed by atoms with van der Waals surface area (Å²) in [6.45, 7) is 2.17. The van der Waals surface area contributed by atoms with Gasteiger partial charge in [0.05, 0.1) is 13.2 Å². The zero-order chi connectivity index (χ0) is 15.1. The number of nitrogens with one attached hydrogen (secondary N) is 1. The average Bonchev–Trinajstić information content (AvgIpc) is 3.04. The van der Waals surface area contributed by atoms with Gasteiger partial charge in [0.1, 0.15) is 5.75 Å². The summed E-state index contributed by atoms with van der Waals surface area (Å²) < 4.78 is 5.28. The molecule has 0 radical (unpaired) electrons. The van der Waals surface area contributed by atoms with Crippen LogP contribution in [0.1, 0.15) is 35.1 Å². The van der Waals surface area contributed by atoms with Crippen molar-refractivity contribution in [1.82, 2.24) is 0 Å². The fourth-order valence-corrected chi connectivity index (χ4v) is 3.86. The van der Waals surface area contributed by atoms with Crippen LogP contribution in [0.15, 0.2) is 54.6 Å². The number of benzene rings is 2. The molecule has 2 aromatic rings. The molecule has 4 rings (SSSR count). The first-order chi connectivity index (χ1) is 10.8. The van der Waals surface area contributed by atoms with E-state index in [1.54, 1.807) is 7.11 Å². The Bertz CT molecular complexity index is 717. The van der Waals surface area contributed by atoms with E-state index in [1.807, 2.05) is 0 Å². The van der Waals surface area contributed by atoms with Crippen LogP contribution in [0.25, 0.3) is 0 Å². The lowest BCUT2D eigenvalue weighted by molar-refractivity contribution is 0.411. The van der Waals surface area contributed by atoms with Crippen LogP contribution in [-0.2, 0) is 0 Å². The number of hydrogen-bond acceptors (Lipinski definition) is 2. The molecule has 2 heteroatoms. The van der Waals surface area contributed by atoms with Gasteiger partial charge in [-0.2, -0.15) is 0 Å². The van der Waals surface area contributed by atoms with E-state index in [-0.39, 0.29) is 0 Å². The summed E-state index contributed by atoms with van der Waals surface area (Å²) in [5.41, 5.74) is 5.40. The topological polar surface area (TPSA) is 21.3 Å². The van der Waals surface area contributed by atoms with E-state index in [0.717, 1.165) is 12.2 Å². The molecule has 0 spiro atoms. The van der Waals surface area contributed by atoms with Crippen molar-refractivity contribution in [3.63, 3.8) is 0 Å². The van der Waals surface area contributed by atoms with Gasteiger partial charge in [-0.25, -0.2) is 0 Å². The summed E-state index contributed by atoms with van der Waals surface area (Å²) in [4.78, 5) is 0. The monoisotopic (exact) mass is 291 g/mol. The predicted molar refractivity (Wildman–Crippen MR) is 90.5 cm³/mol. The smallest absolute Gasteiger partial charge is 0.118 e. The summed E-state index contributed by atoms with van der Waals surface area (Å²) in [6.07, 6.45) is 5.87. The molecule has 0 fully saturated rings. The summed E-state index contributed by atoms with van der Waals surface area (Å²) in [6, 6.07) is 15.6. The lowest BCUT2D eigenvalue weighted by Gasteiger charge is -2.37. The van der Waals surface area contributed by atoms with Gasteiger partial charge in [-0.15, -0.1) is 0 Å². The molecule has 1 heterocycles. The summed E-state index contributed by atoms with van der Waals surface area (Å²) >= 11 is 0. The molecular formula is C20H21NO. The molecule has 2 aromatic carbocycles. The number of aryl methyl sites for hydroxylation is 1. The Morgan fingerprint density at radius 1 is 1.09 bits per heavy atom. The quantitative estimate of drug-likeness (QED) is 0.800. The van der Waals surface area contributed by atoms with Crippen LogP contribution in [0.4, 0.5) is 5.69 Å². The van der Waals surface area contributed by atoms with Gasteiger partial charge in [-0.1, -0.05) is 42.0 Å². The molecule has 112 valence electrons. The second kappa shape index (κ2) is 5.20. The minimum Gasteiger partial charge on any atom is -0.497 e. The number of fused-ring (bicyclic) bond motifs is 3. The number of allylic oxidation sites excluding steroid dienone is 2. The Morgan fingerprint density at radius 2 is 1.91 bits per heavy atom. The number of methoxy groups -OCH3 is 1. The molecule has 0 amide bonds. The standard InChI is InChI=1S/C20H21NO/c1-13-6-11-19-18(12-13)16-4-3-5-17(16)20(21-19)14-7-9-15(22-2)10-8-14/h3-4,6-12,16-17,20-21H,5H2,1-2H3. The van der Waals surface area contributed by atoms with Crippen LogP contribution in [0, 0.1) is 12.8 Å². The van der Waals surface area contributed by atoms with Crippen LogP contribution in [0.3, 0.4) is 0 Å². The minimum absolute atomic E-state index is 0.362. The van der Waals surface area contributed by atoms with Gasteiger partial charge in [-0.3, -0.25) is 0 Å². The van der Waals surface area contributed by atoms with E-state index < -0.39 is 0 Å². The Balaban J connectivity index is 1.74. The molecule has 22 heavy (non-hydrogen) atoms. The second-order valence-electron chi connectivity index (χ2n) is 6.34. The van der Waals surface area contributed by atoms with Crippen molar-refractivity contribution in [3.8, 4) is 5.75 Å². The van der Waals surface area contributed by atoms with Crippen molar-refractivity contribution in [2.75, 3.05) is 12.4 Å². The highest BCUT2D eigenvalue weighted by atomic mass is 16.5. The zero-order valence-corrected chi connectivity index (χ0v) is 13.0. The molecule has 3 atom stereocenters. The lowest BCUT2D eigenvalue weighted by Crippen LogP contribution is -2.29. The molecule has 0 aromatic heterocycles. The summed E-state index contributed by atoms with van der Waals surface area (Å²) in [5, 5.41) is 3.77. The fraction of sp³-hybridized carbons (Fsp3) is 0.300. The molecule has 1 aliphatic carbocycles. The van der Waals surface area contributed by atoms with Crippen LogP contribution in [-0.4, -0.2) is 7.11 Å². The second-order valence-corrected chi connectivity index (χ2v) is 6.34. The van der Waals surface area contributed by atoms with Gasteiger partial charge >= 0.3 is 0 Å². The average molecular weight is 291 g/mol. The van der Waals surface area contributed by atoms with Crippen LogP contribution in [0.5, 0.6) is 5.75 Å². The highest BCUT2D eigenvalue weighted by molar-refractivity contribution is 5.60. The maximum Gasteiger partial charge on any atom is 0.118 e. The van der Waals surface area contributed by atoms with Crippen molar-refractivity contribution < 1.29 is 4.74 Å². The van der Waals surface area contributed by atoms with Gasteiger partial charge in [0, 0.05) is 11.6 Å². The Hall–Kier alpha value is -2.22. The number of rotatable bonds is 2. The molecule has 2 nitrogen and oxygen atoms in total. The molecule has 3 unspecified atom stereocenters. The third-order valence-electron chi connectivity index (χ3n) is 4.99. The van der Waals surface area contributed by atoms with Crippen molar-refractivity contribution in [1.29, 1.82) is 0 Å². The number of ether oxygens (including phenoxy) is 1. The van der Waals surface area contributed by atoms with Gasteiger partial charge in [0.15, 0.2) is 0 Å². The Morgan fingerprint density at radius 3 is 2.68 bits per heavy atom. The van der Waals surface area contributed by atoms with E-state index in [0.29, 0.717) is 17.9 Å². The highest BCUT2D eigenvalue weighted by Crippen LogP contribution is 2.49. The maximum absolute atomic E-state index is 5.28. The summed E-state index contributed by atoms with van der Waals surface area (Å²) in [5.74, 6) is 2.04.